The maximum absolute atomic E-state index is 11.6. The summed E-state index contributed by atoms with van der Waals surface area (Å²) in [4.78, 5) is 25.7. The molecule has 7 heteroatoms. The molecule has 0 saturated carbocycles. The number of carboxylic acids is 2. The molecule has 25 heavy (non-hydrogen) atoms. The molecule has 0 unspecified atom stereocenters. The quantitative estimate of drug-likeness (QED) is 0.496. The molecule has 5 N–H and O–H groups in total. The van der Waals surface area contributed by atoms with E-state index in [4.69, 9.17) is 0 Å². The van der Waals surface area contributed by atoms with Gasteiger partial charge in [-0.2, -0.15) is 0 Å². The van der Waals surface area contributed by atoms with Crippen LogP contribution in [0.3, 0.4) is 0 Å². The minimum absolute atomic E-state index is 0.0891. The lowest BCUT2D eigenvalue weighted by atomic mass is 9.94. The fraction of sp³-hybridized carbons (Fsp3) is 0. The number of aromatic nitrogens is 1. The van der Waals surface area contributed by atoms with Crippen LogP contribution in [-0.2, 0) is 0 Å². The summed E-state index contributed by atoms with van der Waals surface area (Å²) in [5.74, 6) is -2.86. The molecule has 3 aromatic rings. The second-order valence-corrected chi connectivity index (χ2v) is 5.34. The highest BCUT2D eigenvalue weighted by molar-refractivity contribution is 6.07. The van der Waals surface area contributed by atoms with Crippen LogP contribution < -0.4 is 0 Å². The molecule has 126 valence electrons. The van der Waals surface area contributed by atoms with Crippen molar-refractivity contribution in [1.29, 1.82) is 0 Å². The van der Waals surface area contributed by atoms with E-state index in [1.807, 2.05) is 0 Å². The zero-order valence-electron chi connectivity index (χ0n) is 12.7. The fourth-order valence-corrected chi connectivity index (χ4v) is 2.72. The lowest BCUT2D eigenvalue weighted by Crippen LogP contribution is -2.01. The largest absolute Gasteiger partial charge is 0.508 e. The zero-order valence-corrected chi connectivity index (χ0v) is 12.7. The number of H-pyrrole nitrogens is 1. The fourth-order valence-electron chi connectivity index (χ4n) is 2.72. The van der Waals surface area contributed by atoms with Gasteiger partial charge in [0.05, 0.1) is 0 Å². The van der Waals surface area contributed by atoms with Crippen LogP contribution in [-0.4, -0.2) is 37.3 Å². The molecule has 0 bridgehead atoms. The van der Waals surface area contributed by atoms with Gasteiger partial charge in [-0.05, 0) is 35.4 Å². The average Bonchev–Trinajstić information content (AvgIpc) is 2.96. The molecule has 0 saturated heterocycles. The number of hydrogen-bond donors (Lipinski definition) is 5. The Morgan fingerprint density at radius 2 is 1.12 bits per heavy atom. The molecule has 0 atom stereocenters. The summed E-state index contributed by atoms with van der Waals surface area (Å²) in [6.07, 6.45) is 0. The normalized spacial score (nSPS) is 10.6. The number of aromatic hydroxyl groups is 2. The van der Waals surface area contributed by atoms with E-state index < -0.39 is 11.9 Å². The Morgan fingerprint density at radius 3 is 1.44 bits per heavy atom. The van der Waals surface area contributed by atoms with Crippen LogP contribution in [0.2, 0.25) is 0 Å². The first kappa shape index (κ1) is 16.1. The predicted molar refractivity (Wildman–Crippen MR) is 88.9 cm³/mol. The van der Waals surface area contributed by atoms with Gasteiger partial charge in [-0.1, -0.05) is 24.3 Å². The van der Waals surface area contributed by atoms with Crippen LogP contribution in [0.15, 0.2) is 48.5 Å². The standard InChI is InChI=1S/C18H13NO6/c20-11-5-1-3-9(7-11)13-14(10-4-2-6-12(21)8-10)16(18(24)25)19-15(13)17(22)23/h1-8,19-21H,(H,22,23)(H,24,25). The summed E-state index contributed by atoms with van der Waals surface area (Å²) in [6, 6.07) is 11.7. The van der Waals surface area contributed by atoms with Gasteiger partial charge in [0.15, 0.2) is 0 Å². The highest BCUT2D eigenvalue weighted by Crippen LogP contribution is 2.40. The van der Waals surface area contributed by atoms with Gasteiger partial charge in [0.25, 0.3) is 0 Å². The first-order valence-electron chi connectivity index (χ1n) is 7.20. The van der Waals surface area contributed by atoms with Gasteiger partial charge in [0.2, 0.25) is 0 Å². The minimum atomic E-state index is -1.34. The summed E-state index contributed by atoms with van der Waals surface area (Å²) in [7, 11) is 0. The van der Waals surface area contributed by atoms with Crippen molar-refractivity contribution >= 4 is 11.9 Å². The van der Waals surface area contributed by atoms with E-state index in [9.17, 15) is 30.0 Å². The molecule has 1 aromatic heterocycles. The van der Waals surface area contributed by atoms with Crippen molar-refractivity contribution in [1.82, 2.24) is 4.98 Å². The molecule has 2 aromatic carbocycles. The summed E-state index contributed by atoms with van der Waals surface area (Å²) in [5.41, 5.74) is 0.263. The van der Waals surface area contributed by atoms with Crippen LogP contribution in [0, 0.1) is 0 Å². The molecule has 7 nitrogen and oxygen atoms in total. The van der Waals surface area contributed by atoms with Gasteiger partial charge in [-0.25, -0.2) is 9.59 Å². The van der Waals surface area contributed by atoms with Crippen LogP contribution in [0.25, 0.3) is 22.3 Å². The smallest absolute Gasteiger partial charge is 0.352 e. The molecule has 1 heterocycles. The van der Waals surface area contributed by atoms with E-state index in [1.165, 1.54) is 36.4 Å². The molecular formula is C18H13NO6. The molecule has 0 amide bonds. The van der Waals surface area contributed by atoms with E-state index in [-0.39, 0.29) is 34.0 Å². The van der Waals surface area contributed by atoms with Gasteiger partial charge in [0.1, 0.15) is 22.9 Å². The maximum Gasteiger partial charge on any atom is 0.352 e. The van der Waals surface area contributed by atoms with Crippen LogP contribution in [0.5, 0.6) is 11.5 Å². The number of carbonyl (C=O) groups is 2. The van der Waals surface area contributed by atoms with E-state index in [0.29, 0.717) is 11.1 Å². The Hall–Kier alpha value is -3.74. The number of aromatic amines is 1. The van der Waals surface area contributed by atoms with Crippen molar-refractivity contribution in [3.63, 3.8) is 0 Å². The highest BCUT2D eigenvalue weighted by atomic mass is 16.4. The third-order valence-electron chi connectivity index (χ3n) is 3.70. The first-order valence-corrected chi connectivity index (χ1v) is 7.20. The molecule has 3 rings (SSSR count). The molecule has 0 spiro atoms. The molecule has 0 fully saturated rings. The molecule has 0 aliphatic heterocycles. The Balaban J connectivity index is 2.42. The monoisotopic (exact) mass is 339 g/mol. The third-order valence-corrected chi connectivity index (χ3v) is 3.70. The van der Waals surface area contributed by atoms with Gasteiger partial charge in [0, 0.05) is 11.1 Å². The van der Waals surface area contributed by atoms with Crippen molar-refractivity contribution in [3.05, 3.63) is 59.9 Å². The van der Waals surface area contributed by atoms with Crippen LogP contribution in [0.1, 0.15) is 21.0 Å². The molecule has 0 aliphatic rings. The highest BCUT2D eigenvalue weighted by Gasteiger charge is 2.27. The van der Waals surface area contributed by atoms with Gasteiger partial charge < -0.3 is 25.4 Å². The van der Waals surface area contributed by atoms with Gasteiger partial charge >= 0.3 is 11.9 Å². The number of hydrogen-bond acceptors (Lipinski definition) is 4. The predicted octanol–water partition coefficient (Wildman–Crippen LogP) is 3.16. The Labute approximate surface area is 141 Å². The lowest BCUT2D eigenvalue weighted by Gasteiger charge is -2.08. The summed E-state index contributed by atoms with van der Waals surface area (Å²) in [6.45, 7) is 0. The lowest BCUT2D eigenvalue weighted by molar-refractivity contribution is 0.0690. The van der Waals surface area contributed by atoms with Crippen molar-refractivity contribution in [2.75, 3.05) is 0 Å². The third kappa shape index (κ3) is 2.90. The van der Waals surface area contributed by atoms with Crippen LogP contribution in [0.4, 0.5) is 0 Å². The number of phenols is 2. The molecular weight excluding hydrogens is 326 g/mol. The van der Waals surface area contributed by atoms with Gasteiger partial charge in [-0.15, -0.1) is 0 Å². The molecule has 0 aliphatic carbocycles. The van der Waals surface area contributed by atoms with E-state index >= 15 is 0 Å². The van der Waals surface area contributed by atoms with Crippen molar-refractivity contribution in [2.24, 2.45) is 0 Å². The number of rotatable bonds is 4. The first-order chi connectivity index (χ1) is 11.9. The number of carboxylic acid groups (broad SMARTS) is 2. The second-order valence-electron chi connectivity index (χ2n) is 5.34. The van der Waals surface area contributed by atoms with E-state index in [2.05, 4.69) is 4.98 Å². The number of benzene rings is 2. The van der Waals surface area contributed by atoms with Crippen molar-refractivity contribution < 1.29 is 30.0 Å². The number of nitrogens with one attached hydrogen (secondary N) is 1. The topological polar surface area (TPSA) is 131 Å². The van der Waals surface area contributed by atoms with Crippen LogP contribution >= 0.6 is 0 Å². The van der Waals surface area contributed by atoms with Crippen molar-refractivity contribution in [3.8, 4) is 33.8 Å². The van der Waals surface area contributed by atoms with E-state index in [0.717, 1.165) is 0 Å². The Kier molecular flexibility index (Phi) is 3.90. The maximum atomic E-state index is 11.6. The minimum Gasteiger partial charge on any atom is -0.508 e. The molecule has 0 radical (unpaired) electrons. The average molecular weight is 339 g/mol. The number of phenolic OH excluding ortho intramolecular Hbond substituents is 2. The zero-order chi connectivity index (χ0) is 18.1. The Bertz CT molecular complexity index is 911. The van der Waals surface area contributed by atoms with Crippen molar-refractivity contribution in [2.45, 2.75) is 0 Å². The summed E-state index contributed by atoms with van der Waals surface area (Å²) in [5, 5.41) is 38.4. The van der Waals surface area contributed by atoms with E-state index in [1.54, 1.807) is 12.1 Å². The van der Waals surface area contributed by atoms with Gasteiger partial charge in [-0.3, -0.25) is 0 Å². The second kappa shape index (κ2) is 6.04. The Morgan fingerprint density at radius 1 is 0.720 bits per heavy atom. The summed E-state index contributed by atoms with van der Waals surface area (Å²) >= 11 is 0. The SMILES string of the molecule is O=C(O)c1[nH]c(C(=O)O)c(-c2cccc(O)c2)c1-c1cccc(O)c1. The number of aromatic carboxylic acids is 2. The summed E-state index contributed by atoms with van der Waals surface area (Å²) < 4.78 is 0.